The average molecular weight is 316 g/mol. The SMILES string of the molecule is CCCCN(C)C(=O)COC(=O)CCc1c[nH]c2ccccc12. The molecular formula is C18H24N2O3. The van der Waals surface area contributed by atoms with Crippen LogP contribution in [0.4, 0.5) is 0 Å². The molecule has 0 radical (unpaired) electrons. The van der Waals surface area contributed by atoms with Gasteiger partial charge in [0, 0.05) is 37.1 Å². The zero-order chi connectivity index (χ0) is 16.7. The number of carbonyl (C=O) groups is 2. The Balaban J connectivity index is 1.76. The lowest BCUT2D eigenvalue weighted by atomic mass is 10.1. The van der Waals surface area contributed by atoms with E-state index in [1.165, 1.54) is 0 Å². The van der Waals surface area contributed by atoms with Crippen LogP contribution in [0.15, 0.2) is 30.5 Å². The summed E-state index contributed by atoms with van der Waals surface area (Å²) in [6.07, 6.45) is 4.77. The minimum absolute atomic E-state index is 0.154. The molecule has 0 bridgehead atoms. The summed E-state index contributed by atoms with van der Waals surface area (Å²) in [4.78, 5) is 28.4. The van der Waals surface area contributed by atoms with Gasteiger partial charge in [0.2, 0.25) is 0 Å². The topological polar surface area (TPSA) is 62.4 Å². The Kier molecular flexibility index (Phi) is 6.20. The number of H-pyrrole nitrogens is 1. The standard InChI is InChI=1S/C18H24N2O3/c1-3-4-11-20(2)17(21)13-23-18(22)10-9-14-12-19-16-8-6-5-7-15(14)16/h5-8,12,19H,3-4,9-11,13H2,1-2H3. The normalized spacial score (nSPS) is 10.7. The molecule has 1 N–H and O–H groups in total. The molecule has 0 saturated heterocycles. The number of benzene rings is 1. The molecule has 0 spiro atoms. The number of ether oxygens (including phenoxy) is 1. The van der Waals surface area contributed by atoms with Crippen LogP contribution in [0.3, 0.4) is 0 Å². The highest BCUT2D eigenvalue weighted by atomic mass is 16.5. The van der Waals surface area contributed by atoms with Crippen LogP contribution < -0.4 is 0 Å². The fourth-order valence-corrected chi connectivity index (χ4v) is 2.42. The maximum absolute atomic E-state index is 11.8. The molecular weight excluding hydrogens is 292 g/mol. The largest absolute Gasteiger partial charge is 0.456 e. The number of rotatable bonds is 8. The van der Waals surface area contributed by atoms with Gasteiger partial charge in [-0.25, -0.2) is 0 Å². The molecule has 0 aliphatic rings. The van der Waals surface area contributed by atoms with Crippen molar-refractivity contribution < 1.29 is 14.3 Å². The monoisotopic (exact) mass is 316 g/mol. The number of amides is 1. The van der Waals surface area contributed by atoms with Crippen molar-refractivity contribution in [3.8, 4) is 0 Å². The summed E-state index contributed by atoms with van der Waals surface area (Å²) in [6.45, 7) is 2.60. The van der Waals surface area contributed by atoms with E-state index >= 15 is 0 Å². The number of aryl methyl sites for hydroxylation is 1. The number of aromatic nitrogens is 1. The molecule has 5 heteroatoms. The number of nitrogens with zero attached hydrogens (tertiary/aromatic N) is 1. The van der Waals surface area contributed by atoms with Gasteiger partial charge in [-0.1, -0.05) is 31.5 Å². The second kappa shape index (κ2) is 8.36. The highest BCUT2D eigenvalue weighted by Crippen LogP contribution is 2.19. The number of hydrogen-bond donors (Lipinski definition) is 1. The van der Waals surface area contributed by atoms with Crippen LogP contribution in [0, 0.1) is 0 Å². The van der Waals surface area contributed by atoms with Crippen molar-refractivity contribution in [2.24, 2.45) is 0 Å². The molecule has 5 nitrogen and oxygen atoms in total. The summed E-state index contributed by atoms with van der Waals surface area (Å²) < 4.78 is 5.07. The summed E-state index contributed by atoms with van der Waals surface area (Å²) in [5.41, 5.74) is 2.15. The zero-order valence-corrected chi connectivity index (χ0v) is 13.8. The Hall–Kier alpha value is -2.30. The van der Waals surface area contributed by atoms with Gasteiger partial charge in [-0.2, -0.15) is 0 Å². The lowest BCUT2D eigenvalue weighted by molar-refractivity contribution is -0.151. The summed E-state index contributed by atoms with van der Waals surface area (Å²) in [7, 11) is 1.73. The highest BCUT2D eigenvalue weighted by molar-refractivity contribution is 5.84. The van der Waals surface area contributed by atoms with E-state index in [1.54, 1.807) is 11.9 Å². The fourth-order valence-electron chi connectivity index (χ4n) is 2.42. The molecule has 0 aliphatic heterocycles. The first-order valence-corrected chi connectivity index (χ1v) is 8.06. The molecule has 1 aromatic carbocycles. The summed E-state index contributed by atoms with van der Waals surface area (Å²) >= 11 is 0. The van der Waals surface area contributed by atoms with Crippen LogP contribution in [0.5, 0.6) is 0 Å². The quantitative estimate of drug-likeness (QED) is 0.762. The molecule has 1 heterocycles. The van der Waals surface area contributed by atoms with Crippen molar-refractivity contribution in [1.29, 1.82) is 0 Å². The molecule has 0 aliphatic carbocycles. The first-order valence-electron chi connectivity index (χ1n) is 8.06. The first-order chi connectivity index (χ1) is 11.1. The van der Waals surface area contributed by atoms with Gasteiger partial charge in [0.05, 0.1) is 0 Å². The zero-order valence-electron chi connectivity index (χ0n) is 13.8. The third kappa shape index (κ3) is 4.84. The second-order valence-corrected chi connectivity index (χ2v) is 5.69. The number of likely N-dealkylation sites (N-methyl/N-ethyl adjacent to an activating group) is 1. The van der Waals surface area contributed by atoms with E-state index in [0.29, 0.717) is 13.0 Å². The van der Waals surface area contributed by atoms with E-state index in [9.17, 15) is 9.59 Å². The lowest BCUT2D eigenvalue weighted by Gasteiger charge is -2.16. The summed E-state index contributed by atoms with van der Waals surface area (Å²) in [5.74, 6) is -0.494. The van der Waals surface area contributed by atoms with Gasteiger partial charge in [0.1, 0.15) is 0 Å². The predicted molar refractivity (Wildman–Crippen MR) is 90.1 cm³/mol. The summed E-state index contributed by atoms with van der Waals surface area (Å²) in [5, 5.41) is 1.12. The Labute approximate surface area is 136 Å². The van der Waals surface area contributed by atoms with E-state index in [2.05, 4.69) is 11.9 Å². The number of hydrogen-bond acceptors (Lipinski definition) is 3. The molecule has 1 amide bonds. The van der Waals surface area contributed by atoms with Crippen LogP contribution >= 0.6 is 0 Å². The van der Waals surface area contributed by atoms with Crippen LogP contribution in [-0.2, 0) is 20.7 Å². The second-order valence-electron chi connectivity index (χ2n) is 5.69. The minimum Gasteiger partial charge on any atom is -0.456 e. The lowest BCUT2D eigenvalue weighted by Crippen LogP contribution is -2.32. The van der Waals surface area contributed by atoms with E-state index in [4.69, 9.17) is 4.74 Å². The van der Waals surface area contributed by atoms with Gasteiger partial charge >= 0.3 is 5.97 Å². The number of nitrogens with one attached hydrogen (secondary N) is 1. The Morgan fingerprint density at radius 2 is 2.04 bits per heavy atom. The maximum Gasteiger partial charge on any atom is 0.306 e. The van der Waals surface area contributed by atoms with Crippen molar-refractivity contribution in [2.75, 3.05) is 20.2 Å². The average Bonchev–Trinajstić information content (AvgIpc) is 2.98. The van der Waals surface area contributed by atoms with Crippen LogP contribution in [-0.4, -0.2) is 42.0 Å². The number of para-hydroxylation sites is 1. The van der Waals surface area contributed by atoms with Crippen LogP contribution in [0.1, 0.15) is 31.7 Å². The molecule has 0 saturated carbocycles. The van der Waals surface area contributed by atoms with E-state index in [0.717, 1.165) is 29.3 Å². The number of esters is 1. The number of aromatic amines is 1. The van der Waals surface area contributed by atoms with Crippen molar-refractivity contribution in [3.05, 3.63) is 36.0 Å². The predicted octanol–water partition coefficient (Wildman–Crippen LogP) is 2.90. The molecule has 2 rings (SSSR count). The fraction of sp³-hybridized carbons (Fsp3) is 0.444. The minimum atomic E-state index is -0.340. The van der Waals surface area contributed by atoms with Gasteiger partial charge < -0.3 is 14.6 Å². The Morgan fingerprint density at radius 3 is 2.83 bits per heavy atom. The van der Waals surface area contributed by atoms with Crippen LogP contribution in [0.25, 0.3) is 10.9 Å². The number of fused-ring (bicyclic) bond motifs is 1. The van der Waals surface area contributed by atoms with Crippen molar-refractivity contribution in [3.63, 3.8) is 0 Å². The third-order valence-corrected chi connectivity index (χ3v) is 3.90. The van der Waals surface area contributed by atoms with Crippen molar-refractivity contribution in [2.45, 2.75) is 32.6 Å². The smallest absolute Gasteiger partial charge is 0.306 e. The van der Waals surface area contributed by atoms with E-state index < -0.39 is 0 Å². The third-order valence-electron chi connectivity index (χ3n) is 3.90. The molecule has 0 unspecified atom stereocenters. The van der Waals surface area contributed by atoms with Gasteiger partial charge in [0.25, 0.3) is 5.91 Å². The molecule has 1 aromatic heterocycles. The Bertz CT molecular complexity index is 663. The van der Waals surface area contributed by atoms with E-state index in [-0.39, 0.29) is 24.9 Å². The molecule has 124 valence electrons. The van der Waals surface area contributed by atoms with Crippen molar-refractivity contribution >= 4 is 22.8 Å². The van der Waals surface area contributed by atoms with E-state index in [1.807, 2.05) is 30.5 Å². The molecule has 2 aromatic rings. The number of carbonyl (C=O) groups excluding carboxylic acids is 2. The summed E-state index contributed by atoms with van der Waals surface area (Å²) in [6, 6.07) is 7.97. The highest BCUT2D eigenvalue weighted by Gasteiger charge is 2.12. The first kappa shape index (κ1) is 17.1. The molecule has 23 heavy (non-hydrogen) atoms. The number of unbranched alkanes of at least 4 members (excludes halogenated alkanes) is 1. The van der Waals surface area contributed by atoms with Crippen molar-refractivity contribution in [1.82, 2.24) is 9.88 Å². The van der Waals surface area contributed by atoms with Gasteiger partial charge in [-0.15, -0.1) is 0 Å². The van der Waals surface area contributed by atoms with Gasteiger partial charge in [-0.05, 0) is 24.5 Å². The Morgan fingerprint density at radius 1 is 1.26 bits per heavy atom. The van der Waals surface area contributed by atoms with Crippen LogP contribution in [0.2, 0.25) is 0 Å². The molecule has 0 fully saturated rings. The van der Waals surface area contributed by atoms with Gasteiger partial charge in [-0.3, -0.25) is 9.59 Å². The molecule has 0 atom stereocenters. The van der Waals surface area contributed by atoms with Gasteiger partial charge in [0.15, 0.2) is 6.61 Å². The maximum atomic E-state index is 11.8.